The topological polar surface area (TPSA) is 122 Å². The number of piperazine rings is 1. The van der Waals surface area contributed by atoms with E-state index in [0.717, 1.165) is 32.0 Å². The van der Waals surface area contributed by atoms with Crippen LogP contribution in [0.2, 0.25) is 0 Å². The molecule has 0 aliphatic carbocycles. The fourth-order valence-corrected chi connectivity index (χ4v) is 3.85. The van der Waals surface area contributed by atoms with Crippen molar-refractivity contribution in [1.82, 2.24) is 24.2 Å². The van der Waals surface area contributed by atoms with Gasteiger partial charge in [-0.05, 0) is 36.5 Å². The summed E-state index contributed by atoms with van der Waals surface area (Å²) in [6, 6.07) is 9.34. The summed E-state index contributed by atoms with van der Waals surface area (Å²) in [6.45, 7) is 3.88. The summed E-state index contributed by atoms with van der Waals surface area (Å²) in [7, 11) is 0. The van der Waals surface area contributed by atoms with E-state index >= 15 is 0 Å². The molecule has 1 aliphatic rings. The second-order valence-corrected chi connectivity index (χ2v) is 7.55. The zero-order valence-corrected chi connectivity index (χ0v) is 17.7. The fourth-order valence-electron chi connectivity index (χ4n) is 3.57. The smallest absolute Gasteiger partial charge is 0.219 e. The number of rotatable bonds is 7. The molecule has 3 aromatic heterocycles. The summed E-state index contributed by atoms with van der Waals surface area (Å²) in [5.41, 5.74) is 5.90. The lowest BCUT2D eigenvalue weighted by Crippen LogP contribution is -2.47. The highest BCUT2D eigenvalue weighted by Crippen LogP contribution is 2.21. The van der Waals surface area contributed by atoms with Crippen LogP contribution in [0.5, 0.6) is 0 Å². The molecule has 1 saturated heterocycles. The quantitative estimate of drug-likeness (QED) is 0.552. The van der Waals surface area contributed by atoms with Gasteiger partial charge in [-0.3, -0.25) is 14.3 Å². The van der Waals surface area contributed by atoms with Crippen LogP contribution in [0.1, 0.15) is 12.0 Å². The third-order valence-corrected chi connectivity index (χ3v) is 5.59. The zero-order chi connectivity index (χ0) is 21.8. The second-order valence-electron chi connectivity index (χ2n) is 7.18. The molecule has 11 heteroatoms. The molecular weight excluding hydrogens is 416 g/mol. The number of carbonyl (C=O) groups excluding carboxylic acids is 1. The summed E-state index contributed by atoms with van der Waals surface area (Å²) in [5, 5.41) is 14.0. The first-order valence-electron chi connectivity index (χ1n) is 9.89. The Labute approximate surface area is 184 Å². The van der Waals surface area contributed by atoms with Crippen molar-refractivity contribution in [2.75, 3.05) is 31.1 Å². The molecule has 1 aliphatic heterocycles. The van der Waals surface area contributed by atoms with Crippen molar-refractivity contribution >= 4 is 23.9 Å². The molecule has 0 radical (unpaired) electrons. The van der Waals surface area contributed by atoms with Gasteiger partial charge in [0.1, 0.15) is 11.9 Å². The average molecular weight is 439 g/mol. The molecule has 160 valence electrons. The van der Waals surface area contributed by atoms with E-state index in [2.05, 4.69) is 26.0 Å². The van der Waals surface area contributed by atoms with E-state index in [9.17, 15) is 10.1 Å². The summed E-state index contributed by atoms with van der Waals surface area (Å²) in [5.74, 6) is 1.47. The maximum Gasteiger partial charge on any atom is 0.219 e. The molecule has 2 N–H and O–H groups in total. The molecule has 31 heavy (non-hydrogen) atoms. The average Bonchev–Trinajstić information content (AvgIpc) is 3.41. The van der Waals surface area contributed by atoms with Gasteiger partial charge < -0.3 is 15.1 Å². The Morgan fingerprint density at radius 1 is 1.26 bits per heavy atom. The Bertz CT molecular complexity index is 1150. The van der Waals surface area contributed by atoms with Crippen molar-refractivity contribution < 1.29 is 9.21 Å². The first-order valence-corrected chi connectivity index (χ1v) is 10.3. The van der Waals surface area contributed by atoms with E-state index < -0.39 is 5.91 Å². The minimum atomic E-state index is -0.401. The van der Waals surface area contributed by atoms with Crippen molar-refractivity contribution in [2.45, 2.75) is 19.6 Å². The van der Waals surface area contributed by atoms with Crippen LogP contribution < -0.4 is 10.6 Å². The molecule has 0 atom stereocenters. The third kappa shape index (κ3) is 4.50. The third-order valence-electron chi connectivity index (χ3n) is 5.16. The largest absolute Gasteiger partial charge is 0.461 e. The Morgan fingerprint density at radius 3 is 2.74 bits per heavy atom. The van der Waals surface area contributed by atoms with Crippen LogP contribution in [0, 0.1) is 16.1 Å². The van der Waals surface area contributed by atoms with Gasteiger partial charge in [-0.25, -0.2) is 9.67 Å². The van der Waals surface area contributed by atoms with Crippen LogP contribution >= 0.6 is 12.2 Å². The molecule has 10 nitrogen and oxygen atoms in total. The molecule has 0 unspecified atom stereocenters. The van der Waals surface area contributed by atoms with E-state index in [-0.39, 0.29) is 6.42 Å². The highest BCUT2D eigenvalue weighted by molar-refractivity contribution is 7.71. The SMILES string of the molecule is N#Cc1cccnc1N1CCN(Cn2nc(-c3ccco3)n(CCC(N)=O)c2=S)CC1. The number of aromatic nitrogens is 4. The summed E-state index contributed by atoms with van der Waals surface area (Å²) >= 11 is 5.63. The minimum absolute atomic E-state index is 0.164. The van der Waals surface area contributed by atoms with Crippen molar-refractivity contribution in [3.8, 4) is 17.7 Å². The normalized spacial score (nSPS) is 14.5. The standard InChI is InChI=1S/C20H22N8O2S/c21-13-15-3-1-6-23-18(15)26-10-8-25(9-11-26)14-28-20(31)27(7-5-17(22)29)19(24-28)16-4-2-12-30-16/h1-4,6,12H,5,7-11,14H2,(H2,22,29). The van der Waals surface area contributed by atoms with Crippen LogP contribution in [0.4, 0.5) is 5.82 Å². The van der Waals surface area contributed by atoms with Crippen LogP contribution in [0.3, 0.4) is 0 Å². The first kappa shape index (κ1) is 20.8. The minimum Gasteiger partial charge on any atom is -0.461 e. The highest BCUT2D eigenvalue weighted by Gasteiger charge is 2.22. The molecule has 4 rings (SSSR count). The molecule has 3 aromatic rings. The first-order chi connectivity index (χ1) is 15.1. The summed E-state index contributed by atoms with van der Waals surface area (Å²) in [6.07, 6.45) is 3.44. The number of nitrogens with zero attached hydrogens (tertiary/aromatic N) is 7. The number of amides is 1. The number of hydrogen-bond donors (Lipinski definition) is 1. The molecule has 0 saturated carbocycles. The van der Waals surface area contributed by atoms with Gasteiger partial charge >= 0.3 is 0 Å². The Balaban J connectivity index is 1.49. The number of anilines is 1. The molecule has 1 amide bonds. The lowest BCUT2D eigenvalue weighted by atomic mass is 10.2. The Morgan fingerprint density at radius 2 is 2.06 bits per heavy atom. The van der Waals surface area contributed by atoms with Crippen molar-refractivity contribution in [3.05, 3.63) is 47.1 Å². The second kappa shape index (κ2) is 9.11. The van der Waals surface area contributed by atoms with Gasteiger partial charge in [-0.2, -0.15) is 5.26 Å². The van der Waals surface area contributed by atoms with E-state index in [1.54, 1.807) is 46.0 Å². The number of nitrogens with two attached hydrogens (primary N) is 1. The van der Waals surface area contributed by atoms with Crippen molar-refractivity contribution in [3.63, 3.8) is 0 Å². The van der Waals surface area contributed by atoms with E-state index in [4.69, 9.17) is 22.4 Å². The van der Waals surface area contributed by atoms with E-state index in [1.807, 2.05) is 0 Å². The maximum atomic E-state index is 11.3. The van der Waals surface area contributed by atoms with Crippen molar-refractivity contribution in [2.24, 2.45) is 5.73 Å². The van der Waals surface area contributed by atoms with Crippen LogP contribution in [-0.4, -0.2) is 56.3 Å². The maximum absolute atomic E-state index is 11.3. The van der Waals surface area contributed by atoms with Crippen LogP contribution in [-0.2, 0) is 18.0 Å². The van der Waals surface area contributed by atoms with Gasteiger partial charge in [0.05, 0.1) is 18.5 Å². The van der Waals surface area contributed by atoms with Gasteiger partial charge in [0.15, 0.2) is 16.4 Å². The highest BCUT2D eigenvalue weighted by atomic mass is 32.1. The number of nitriles is 1. The number of furan rings is 1. The van der Waals surface area contributed by atoms with Crippen molar-refractivity contribution in [1.29, 1.82) is 5.26 Å². The van der Waals surface area contributed by atoms with Gasteiger partial charge in [0.2, 0.25) is 5.91 Å². The fraction of sp³-hybridized carbons (Fsp3) is 0.350. The number of primary amides is 1. The monoisotopic (exact) mass is 438 g/mol. The predicted octanol–water partition coefficient (Wildman–Crippen LogP) is 1.60. The molecule has 0 aromatic carbocycles. The predicted molar refractivity (Wildman–Crippen MR) is 115 cm³/mol. The Hall–Kier alpha value is -3.49. The van der Waals surface area contributed by atoms with E-state index in [0.29, 0.717) is 35.1 Å². The van der Waals surface area contributed by atoms with Gasteiger partial charge in [-0.15, -0.1) is 5.10 Å². The van der Waals surface area contributed by atoms with E-state index in [1.165, 1.54) is 0 Å². The molecule has 0 spiro atoms. The summed E-state index contributed by atoms with van der Waals surface area (Å²) in [4.78, 5) is 20.0. The van der Waals surface area contributed by atoms with Crippen LogP contribution in [0.15, 0.2) is 41.1 Å². The lowest BCUT2D eigenvalue weighted by molar-refractivity contribution is -0.118. The number of carbonyl (C=O) groups is 1. The molecule has 0 bridgehead atoms. The molecular formula is C20H22N8O2S. The summed E-state index contributed by atoms with van der Waals surface area (Å²) < 4.78 is 9.53. The lowest BCUT2D eigenvalue weighted by Gasteiger charge is -2.35. The van der Waals surface area contributed by atoms with Gasteiger partial charge in [0.25, 0.3) is 0 Å². The Kier molecular flexibility index (Phi) is 6.11. The van der Waals surface area contributed by atoms with Crippen LogP contribution in [0.25, 0.3) is 11.6 Å². The molecule has 4 heterocycles. The van der Waals surface area contributed by atoms with Gasteiger partial charge in [-0.1, -0.05) is 0 Å². The molecule has 1 fully saturated rings. The zero-order valence-electron chi connectivity index (χ0n) is 16.8. The number of pyridine rings is 1. The number of hydrogen-bond acceptors (Lipinski definition) is 8. The van der Waals surface area contributed by atoms with Gasteiger partial charge in [0, 0.05) is 45.3 Å².